The Kier molecular flexibility index (Phi) is 5.48. The normalized spacial score (nSPS) is 15.3. The smallest absolute Gasteiger partial charge is 0.305 e. The van der Waals surface area contributed by atoms with Crippen molar-refractivity contribution < 1.29 is 14.0 Å². The quantitative estimate of drug-likeness (QED) is 0.512. The molecule has 1 aliphatic carbocycles. The third-order valence-corrected chi connectivity index (χ3v) is 9.83. The van der Waals surface area contributed by atoms with Gasteiger partial charge in [-0.1, -0.05) is 26.8 Å². The number of hydrogen-bond donors (Lipinski definition) is 0. The van der Waals surface area contributed by atoms with E-state index in [-0.39, 0.29) is 11.0 Å². The number of carbonyl (C=O) groups excluding carboxylic acids is 1. The second-order valence-corrected chi connectivity index (χ2v) is 13.3. The third-order valence-electron chi connectivity index (χ3n) is 5.48. The Bertz CT molecular complexity index is 610. The van der Waals surface area contributed by atoms with Gasteiger partial charge < -0.3 is 9.16 Å². The van der Waals surface area contributed by atoms with Crippen LogP contribution in [0.15, 0.2) is 12.1 Å². The first-order valence-electron chi connectivity index (χ1n) is 8.94. The summed E-state index contributed by atoms with van der Waals surface area (Å²) in [4.78, 5) is 11.5. The molecule has 0 radical (unpaired) electrons. The molecule has 2 rings (SSSR count). The largest absolute Gasteiger partial charge is 0.543 e. The van der Waals surface area contributed by atoms with Crippen molar-refractivity contribution in [3.05, 3.63) is 28.8 Å². The second-order valence-electron chi connectivity index (χ2n) is 8.53. The minimum atomic E-state index is -1.85. The van der Waals surface area contributed by atoms with E-state index in [9.17, 15) is 4.79 Å². The van der Waals surface area contributed by atoms with Crippen LogP contribution in [0.5, 0.6) is 5.75 Å². The summed E-state index contributed by atoms with van der Waals surface area (Å²) in [5.74, 6) is 1.55. The Hall–Kier alpha value is -1.29. The zero-order chi connectivity index (χ0) is 18.1. The Morgan fingerprint density at radius 1 is 1.25 bits per heavy atom. The van der Waals surface area contributed by atoms with Gasteiger partial charge in [0.25, 0.3) is 0 Å². The molecule has 1 fully saturated rings. The lowest BCUT2D eigenvalue weighted by Crippen LogP contribution is -2.44. The van der Waals surface area contributed by atoms with E-state index in [1.165, 1.54) is 36.6 Å². The summed E-state index contributed by atoms with van der Waals surface area (Å²) < 4.78 is 11.4. The van der Waals surface area contributed by atoms with Crippen LogP contribution in [-0.2, 0) is 16.0 Å². The van der Waals surface area contributed by atoms with Crippen LogP contribution >= 0.6 is 0 Å². The lowest BCUT2D eigenvalue weighted by atomic mass is 9.98. The molecule has 0 amide bonds. The first-order valence-corrected chi connectivity index (χ1v) is 11.8. The number of benzene rings is 1. The summed E-state index contributed by atoms with van der Waals surface area (Å²) in [5, 5.41) is 0.186. The molecule has 0 N–H and O–H groups in total. The summed E-state index contributed by atoms with van der Waals surface area (Å²) in [6, 6.07) is 4.47. The summed E-state index contributed by atoms with van der Waals surface area (Å²) in [6.07, 6.45) is 3.66. The van der Waals surface area contributed by atoms with Gasteiger partial charge in [-0.15, -0.1) is 0 Å². The zero-order valence-electron chi connectivity index (χ0n) is 16.3. The highest BCUT2D eigenvalue weighted by molar-refractivity contribution is 6.74. The molecular formula is C20H32O3Si. The van der Waals surface area contributed by atoms with E-state index in [2.05, 4.69) is 52.9 Å². The maximum Gasteiger partial charge on any atom is 0.305 e. The lowest BCUT2D eigenvalue weighted by molar-refractivity contribution is -0.140. The fourth-order valence-electron chi connectivity index (χ4n) is 2.58. The van der Waals surface area contributed by atoms with Crippen LogP contribution in [0, 0.1) is 6.92 Å². The van der Waals surface area contributed by atoms with E-state index >= 15 is 0 Å². The number of aryl methyl sites for hydroxylation is 2. The van der Waals surface area contributed by atoms with Gasteiger partial charge in [0.2, 0.25) is 8.32 Å². The van der Waals surface area contributed by atoms with Gasteiger partial charge in [0.15, 0.2) is 0 Å². The van der Waals surface area contributed by atoms with Crippen molar-refractivity contribution >= 4 is 14.3 Å². The fourth-order valence-corrected chi connectivity index (χ4v) is 3.62. The maximum atomic E-state index is 11.5. The number of carbonyl (C=O) groups is 1. The van der Waals surface area contributed by atoms with Crippen LogP contribution in [-0.4, -0.2) is 21.4 Å². The van der Waals surface area contributed by atoms with Gasteiger partial charge in [-0.25, -0.2) is 0 Å². The number of hydrogen-bond acceptors (Lipinski definition) is 3. The molecule has 134 valence electrons. The highest BCUT2D eigenvalue weighted by Crippen LogP contribution is 2.47. The predicted octanol–water partition coefficient (Wildman–Crippen LogP) is 5.36. The SMILES string of the molecule is COC(=O)CCc1cc(C2CC2)c(O[Si](C)(C)C(C)(C)C)cc1C. The standard InChI is InChI=1S/C20H32O3Si/c1-14-12-18(23-24(6,7)20(2,3)4)17(15-8-9-15)13-16(14)10-11-19(21)22-5/h12-13,15H,8-11H2,1-7H3. The topological polar surface area (TPSA) is 35.5 Å². The molecule has 1 aromatic carbocycles. The minimum absolute atomic E-state index is 0.149. The van der Waals surface area contributed by atoms with E-state index in [0.29, 0.717) is 12.3 Å². The molecule has 1 aliphatic rings. The molecular weight excluding hydrogens is 316 g/mol. The molecule has 0 saturated heterocycles. The van der Waals surface area contributed by atoms with Crippen molar-refractivity contribution in [3.63, 3.8) is 0 Å². The van der Waals surface area contributed by atoms with Gasteiger partial charge in [0.05, 0.1) is 7.11 Å². The molecule has 0 aromatic heterocycles. The van der Waals surface area contributed by atoms with Crippen molar-refractivity contribution in [2.75, 3.05) is 7.11 Å². The predicted molar refractivity (Wildman–Crippen MR) is 101 cm³/mol. The highest BCUT2D eigenvalue weighted by Gasteiger charge is 2.40. The number of esters is 1. The molecule has 0 atom stereocenters. The fraction of sp³-hybridized carbons (Fsp3) is 0.650. The van der Waals surface area contributed by atoms with Gasteiger partial charge >= 0.3 is 5.97 Å². The van der Waals surface area contributed by atoms with E-state index in [1.54, 1.807) is 0 Å². The molecule has 0 aliphatic heterocycles. The molecule has 0 unspecified atom stereocenters. The highest BCUT2D eigenvalue weighted by atomic mass is 28.4. The molecule has 1 aromatic rings. The first-order chi connectivity index (χ1) is 11.0. The van der Waals surface area contributed by atoms with Crippen LogP contribution in [0.3, 0.4) is 0 Å². The van der Waals surface area contributed by atoms with Crippen LogP contribution in [0.2, 0.25) is 18.1 Å². The summed E-state index contributed by atoms with van der Waals surface area (Å²) in [7, 11) is -0.406. The van der Waals surface area contributed by atoms with Crippen molar-refractivity contribution in [1.82, 2.24) is 0 Å². The van der Waals surface area contributed by atoms with Crippen LogP contribution in [0.4, 0.5) is 0 Å². The Morgan fingerprint density at radius 3 is 2.38 bits per heavy atom. The zero-order valence-corrected chi connectivity index (χ0v) is 17.3. The second kappa shape index (κ2) is 6.91. The summed E-state index contributed by atoms with van der Waals surface area (Å²) in [5.41, 5.74) is 3.78. The minimum Gasteiger partial charge on any atom is -0.543 e. The number of rotatable bonds is 6. The lowest BCUT2D eigenvalue weighted by Gasteiger charge is -2.37. The Balaban J connectivity index is 2.29. The molecule has 0 heterocycles. The van der Waals surface area contributed by atoms with E-state index in [0.717, 1.165) is 12.2 Å². The van der Waals surface area contributed by atoms with Crippen molar-refractivity contribution in [3.8, 4) is 5.75 Å². The third kappa shape index (κ3) is 4.41. The van der Waals surface area contributed by atoms with E-state index < -0.39 is 8.32 Å². The first kappa shape index (κ1) is 19.0. The maximum absolute atomic E-state index is 11.5. The summed E-state index contributed by atoms with van der Waals surface area (Å²) in [6.45, 7) is 13.5. The van der Waals surface area contributed by atoms with Gasteiger partial charge in [-0.3, -0.25) is 4.79 Å². The van der Waals surface area contributed by atoms with Crippen LogP contribution in [0.25, 0.3) is 0 Å². The van der Waals surface area contributed by atoms with Gasteiger partial charge in [-0.05, 0) is 73.0 Å². The van der Waals surface area contributed by atoms with E-state index in [4.69, 9.17) is 9.16 Å². The number of ether oxygens (including phenoxy) is 1. The van der Waals surface area contributed by atoms with Gasteiger partial charge in [0, 0.05) is 6.42 Å². The van der Waals surface area contributed by atoms with Crippen LogP contribution in [0.1, 0.15) is 62.6 Å². The summed E-state index contributed by atoms with van der Waals surface area (Å²) >= 11 is 0. The van der Waals surface area contributed by atoms with E-state index in [1.807, 2.05) is 0 Å². The molecule has 0 spiro atoms. The van der Waals surface area contributed by atoms with Crippen molar-refractivity contribution in [2.45, 2.75) is 77.4 Å². The van der Waals surface area contributed by atoms with Crippen molar-refractivity contribution in [1.29, 1.82) is 0 Å². The molecule has 3 nitrogen and oxygen atoms in total. The molecule has 0 bridgehead atoms. The average Bonchev–Trinajstić information content (AvgIpc) is 3.29. The average molecular weight is 349 g/mol. The molecule has 4 heteroatoms. The Morgan fingerprint density at radius 2 is 1.88 bits per heavy atom. The monoisotopic (exact) mass is 348 g/mol. The van der Waals surface area contributed by atoms with Gasteiger partial charge in [-0.2, -0.15) is 0 Å². The Labute approximate surface area is 147 Å². The molecule has 24 heavy (non-hydrogen) atoms. The molecule has 1 saturated carbocycles. The van der Waals surface area contributed by atoms with Gasteiger partial charge in [0.1, 0.15) is 5.75 Å². The number of methoxy groups -OCH3 is 1. The van der Waals surface area contributed by atoms with Crippen LogP contribution < -0.4 is 4.43 Å². The van der Waals surface area contributed by atoms with Crippen molar-refractivity contribution in [2.24, 2.45) is 0 Å².